The molecule has 2 aromatic carbocycles. The molecule has 4 rings (SSSR count). The molecular weight excluding hydrogens is 374 g/mol. The average Bonchev–Trinajstić information content (AvgIpc) is 3.18. The van der Waals surface area contributed by atoms with E-state index in [2.05, 4.69) is 44.3 Å². The first kappa shape index (κ1) is 20.6. The zero-order valence-electron chi connectivity index (χ0n) is 17.7. The summed E-state index contributed by atoms with van der Waals surface area (Å²) in [7, 11) is 1.77. The summed E-state index contributed by atoms with van der Waals surface area (Å²) in [5, 5.41) is 8.57. The van der Waals surface area contributed by atoms with Crippen LogP contribution in [0.25, 0.3) is 23.1 Å². The zero-order valence-corrected chi connectivity index (χ0v) is 17.7. The Morgan fingerprint density at radius 1 is 1.07 bits per heavy atom. The Balaban J connectivity index is 1.33. The molecule has 30 heavy (non-hydrogen) atoms. The summed E-state index contributed by atoms with van der Waals surface area (Å²) in [6, 6.07) is 14.5. The molecule has 1 aliphatic rings. The second-order valence-corrected chi connectivity index (χ2v) is 7.92. The molecule has 0 aliphatic carbocycles. The van der Waals surface area contributed by atoms with Crippen LogP contribution in [0.15, 0.2) is 42.5 Å². The summed E-state index contributed by atoms with van der Waals surface area (Å²) in [5.41, 5.74) is 11.4. The predicted octanol–water partition coefficient (Wildman–Crippen LogP) is 3.47. The van der Waals surface area contributed by atoms with Gasteiger partial charge in [0.2, 0.25) is 0 Å². The van der Waals surface area contributed by atoms with E-state index in [0.29, 0.717) is 0 Å². The van der Waals surface area contributed by atoms with Crippen LogP contribution in [-0.4, -0.2) is 66.4 Å². The second kappa shape index (κ2) is 9.89. The van der Waals surface area contributed by atoms with E-state index in [1.54, 1.807) is 7.11 Å². The van der Waals surface area contributed by atoms with Gasteiger partial charge < -0.3 is 15.4 Å². The van der Waals surface area contributed by atoms with Crippen molar-refractivity contribution in [3.8, 4) is 0 Å². The minimum Gasteiger partial charge on any atom is -0.398 e. The molecule has 6 heteroatoms. The van der Waals surface area contributed by atoms with E-state index in [0.717, 1.165) is 80.1 Å². The van der Waals surface area contributed by atoms with Gasteiger partial charge in [-0.2, -0.15) is 5.10 Å². The van der Waals surface area contributed by atoms with Gasteiger partial charge in [0.1, 0.15) is 0 Å². The summed E-state index contributed by atoms with van der Waals surface area (Å²) in [4.78, 5) is 5.03. The number of fused-ring (bicyclic) bond motifs is 1. The molecular formula is C24H31N5O. The summed E-state index contributed by atoms with van der Waals surface area (Å²) in [6.45, 7) is 7.36. The summed E-state index contributed by atoms with van der Waals surface area (Å²) >= 11 is 0. The number of rotatable bonds is 8. The van der Waals surface area contributed by atoms with Crippen molar-refractivity contribution in [3.63, 3.8) is 0 Å². The number of ether oxygens (including phenoxy) is 1. The molecule has 0 amide bonds. The molecule has 0 saturated carbocycles. The van der Waals surface area contributed by atoms with Crippen molar-refractivity contribution in [1.29, 1.82) is 0 Å². The number of methoxy groups -OCH3 is 1. The van der Waals surface area contributed by atoms with Crippen LogP contribution in [0.1, 0.15) is 23.2 Å². The molecule has 3 aromatic rings. The van der Waals surface area contributed by atoms with E-state index in [1.807, 2.05) is 30.4 Å². The fourth-order valence-electron chi connectivity index (χ4n) is 4.02. The minimum atomic E-state index is 0.807. The van der Waals surface area contributed by atoms with Gasteiger partial charge in [0.25, 0.3) is 0 Å². The Morgan fingerprint density at radius 2 is 1.87 bits per heavy atom. The van der Waals surface area contributed by atoms with Crippen LogP contribution >= 0.6 is 0 Å². The van der Waals surface area contributed by atoms with Gasteiger partial charge in [-0.15, -0.1) is 0 Å². The molecule has 0 spiro atoms. The number of benzene rings is 2. The normalized spacial score (nSPS) is 16.0. The Kier molecular flexibility index (Phi) is 6.79. The number of nitrogen functional groups attached to an aromatic ring is 1. The van der Waals surface area contributed by atoms with Crippen LogP contribution in [0.4, 0.5) is 5.69 Å². The summed E-state index contributed by atoms with van der Waals surface area (Å²) < 4.78 is 5.15. The van der Waals surface area contributed by atoms with Gasteiger partial charge in [-0.05, 0) is 35.8 Å². The number of hydrogen-bond acceptors (Lipinski definition) is 5. The second-order valence-electron chi connectivity index (χ2n) is 7.92. The standard InChI is InChI=1S/C24H31N5O/c1-30-16-4-11-28-12-14-29(15-13-28)18-19-7-8-20(22(25)17-19)9-10-24-21-5-2-3-6-23(21)26-27-24/h2-3,5-10,17H,4,11-16,18,25H2,1H3,(H,26,27). The Morgan fingerprint density at radius 3 is 2.67 bits per heavy atom. The van der Waals surface area contributed by atoms with Gasteiger partial charge >= 0.3 is 0 Å². The molecule has 1 saturated heterocycles. The highest BCUT2D eigenvalue weighted by atomic mass is 16.5. The fourth-order valence-corrected chi connectivity index (χ4v) is 4.02. The SMILES string of the molecule is COCCCN1CCN(Cc2ccc(C=Cc3n[nH]c4ccccc34)c(N)c2)CC1. The lowest BCUT2D eigenvalue weighted by atomic mass is 10.1. The lowest BCUT2D eigenvalue weighted by Crippen LogP contribution is -2.46. The average molecular weight is 406 g/mol. The van der Waals surface area contributed by atoms with Gasteiger partial charge in [0.05, 0.1) is 11.2 Å². The number of nitrogens with zero attached hydrogens (tertiary/aromatic N) is 3. The smallest absolute Gasteiger partial charge is 0.0927 e. The van der Waals surface area contributed by atoms with Gasteiger partial charge in [-0.25, -0.2) is 0 Å². The molecule has 0 bridgehead atoms. The van der Waals surface area contributed by atoms with Crippen LogP contribution in [0.3, 0.4) is 0 Å². The molecule has 0 unspecified atom stereocenters. The van der Waals surface area contributed by atoms with Crippen molar-refractivity contribution in [3.05, 3.63) is 59.3 Å². The van der Waals surface area contributed by atoms with Crippen molar-refractivity contribution in [1.82, 2.24) is 20.0 Å². The molecule has 1 aliphatic heterocycles. The molecule has 0 radical (unpaired) electrons. The van der Waals surface area contributed by atoms with Crippen LogP contribution in [0.5, 0.6) is 0 Å². The zero-order chi connectivity index (χ0) is 20.8. The molecule has 0 atom stereocenters. The first-order chi connectivity index (χ1) is 14.7. The highest BCUT2D eigenvalue weighted by Gasteiger charge is 2.16. The first-order valence-corrected chi connectivity index (χ1v) is 10.7. The maximum Gasteiger partial charge on any atom is 0.0927 e. The number of nitrogens with two attached hydrogens (primary N) is 1. The highest BCUT2D eigenvalue weighted by Crippen LogP contribution is 2.21. The maximum absolute atomic E-state index is 6.35. The van der Waals surface area contributed by atoms with Crippen LogP contribution in [0, 0.1) is 0 Å². The van der Waals surface area contributed by atoms with Crippen molar-refractivity contribution in [2.75, 3.05) is 52.2 Å². The molecule has 1 aromatic heterocycles. The van der Waals surface area contributed by atoms with Crippen molar-refractivity contribution >= 4 is 28.7 Å². The number of piperazine rings is 1. The van der Waals surface area contributed by atoms with Crippen molar-refractivity contribution in [2.24, 2.45) is 0 Å². The number of para-hydroxylation sites is 1. The minimum absolute atomic E-state index is 0.807. The molecule has 158 valence electrons. The third-order valence-corrected chi connectivity index (χ3v) is 5.77. The summed E-state index contributed by atoms with van der Waals surface area (Å²) in [5.74, 6) is 0. The van der Waals surface area contributed by atoms with Crippen LogP contribution < -0.4 is 5.73 Å². The number of hydrogen-bond donors (Lipinski definition) is 2. The Hall–Kier alpha value is -2.67. The number of H-pyrrole nitrogens is 1. The topological polar surface area (TPSA) is 70.4 Å². The first-order valence-electron chi connectivity index (χ1n) is 10.7. The van der Waals surface area contributed by atoms with E-state index in [-0.39, 0.29) is 0 Å². The number of anilines is 1. The third kappa shape index (κ3) is 5.08. The quantitative estimate of drug-likeness (QED) is 0.444. The largest absolute Gasteiger partial charge is 0.398 e. The van der Waals surface area contributed by atoms with E-state index in [9.17, 15) is 0 Å². The van der Waals surface area contributed by atoms with E-state index >= 15 is 0 Å². The van der Waals surface area contributed by atoms with Crippen LogP contribution in [-0.2, 0) is 11.3 Å². The molecule has 3 N–H and O–H groups in total. The number of aromatic nitrogens is 2. The monoisotopic (exact) mass is 405 g/mol. The maximum atomic E-state index is 6.35. The van der Waals surface area contributed by atoms with E-state index in [4.69, 9.17) is 10.5 Å². The van der Waals surface area contributed by atoms with Gasteiger partial charge in [0, 0.05) is 64.1 Å². The highest BCUT2D eigenvalue weighted by molar-refractivity contribution is 5.90. The van der Waals surface area contributed by atoms with Gasteiger partial charge in [0.15, 0.2) is 0 Å². The lowest BCUT2D eigenvalue weighted by Gasteiger charge is -2.34. The molecule has 2 heterocycles. The predicted molar refractivity (Wildman–Crippen MR) is 124 cm³/mol. The Labute approximate surface area is 178 Å². The van der Waals surface area contributed by atoms with Crippen molar-refractivity contribution in [2.45, 2.75) is 13.0 Å². The number of nitrogens with one attached hydrogen (secondary N) is 1. The van der Waals surface area contributed by atoms with E-state index in [1.165, 1.54) is 5.56 Å². The number of aromatic amines is 1. The van der Waals surface area contributed by atoms with Crippen LogP contribution in [0.2, 0.25) is 0 Å². The fraction of sp³-hybridized carbons (Fsp3) is 0.375. The lowest BCUT2D eigenvalue weighted by molar-refractivity contribution is 0.113. The van der Waals surface area contributed by atoms with E-state index < -0.39 is 0 Å². The molecule has 1 fully saturated rings. The Bertz CT molecular complexity index is 988. The van der Waals surface area contributed by atoms with Gasteiger partial charge in [-0.3, -0.25) is 10.00 Å². The van der Waals surface area contributed by atoms with Gasteiger partial charge in [-0.1, -0.05) is 36.4 Å². The summed E-state index contributed by atoms with van der Waals surface area (Å²) in [6.07, 6.45) is 5.17. The van der Waals surface area contributed by atoms with Crippen molar-refractivity contribution < 1.29 is 4.74 Å². The third-order valence-electron chi connectivity index (χ3n) is 5.77. The molecule has 6 nitrogen and oxygen atoms in total.